The lowest BCUT2D eigenvalue weighted by atomic mass is 10.1. The zero-order valence-electron chi connectivity index (χ0n) is 7.36. The summed E-state index contributed by atoms with van der Waals surface area (Å²) in [6, 6.07) is 0.491. The SMILES string of the molecule is [2H]c1cn(C2CCOCC2)cn1. The first kappa shape index (κ1) is 5.77. The van der Waals surface area contributed by atoms with Gasteiger partial charge in [-0.15, -0.1) is 0 Å². The molecule has 3 heteroatoms. The molecule has 11 heavy (non-hydrogen) atoms. The van der Waals surface area contributed by atoms with E-state index in [0.29, 0.717) is 12.2 Å². The molecule has 0 radical (unpaired) electrons. The fourth-order valence-electron chi connectivity index (χ4n) is 1.42. The Balaban J connectivity index is 2.08. The van der Waals surface area contributed by atoms with Crippen LogP contribution >= 0.6 is 0 Å². The van der Waals surface area contributed by atoms with Gasteiger partial charge in [-0.2, -0.15) is 0 Å². The highest BCUT2D eigenvalue weighted by atomic mass is 16.5. The Morgan fingerprint density at radius 3 is 3.00 bits per heavy atom. The average Bonchev–Trinajstić information content (AvgIpc) is 2.54. The normalized spacial score (nSPS) is 21.6. The van der Waals surface area contributed by atoms with Crippen LogP contribution in [0.1, 0.15) is 20.3 Å². The fourth-order valence-corrected chi connectivity index (χ4v) is 1.42. The van der Waals surface area contributed by atoms with E-state index in [1.165, 1.54) is 0 Å². The molecule has 2 rings (SSSR count). The smallest absolute Gasteiger partial charge is 0.0948 e. The maximum Gasteiger partial charge on any atom is 0.0948 e. The van der Waals surface area contributed by atoms with E-state index in [2.05, 4.69) is 4.98 Å². The molecule has 1 aromatic rings. The number of imidazole rings is 1. The van der Waals surface area contributed by atoms with Crippen LogP contribution in [0.4, 0.5) is 0 Å². The van der Waals surface area contributed by atoms with Crippen molar-refractivity contribution in [1.29, 1.82) is 0 Å². The van der Waals surface area contributed by atoms with Gasteiger partial charge in [-0.05, 0) is 12.8 Å². The Kier molecular flexibility index (Phi) is 1.60. The van der Waals surface area contributed by atoms with Crippen LogP contribution < -0.4 is 0 Å². The third-order valence-electron chi connectivity index (χ3n) is 2.08. The van der Waals surface area contributed by atoms with Gasteiger partial charge in [-0.1, -0.05) is 0 Å². The third-order valence-corrected chi connectivity index (χ3v) is 2.08. The van der Waals surface area contributed by atoms with Gasteiger partial charge >= 0.3 is 0 Å². The van der Waals surface area contributed by atoms with Gasteiger partial charge in [0.2, 0.25) is 0 Å². The molecular weight excluding hydrogens is 140 g/mol. The van der Waals surface area contributed by atoms with Crippen LogP contribution in [0.3, 0.4) is 0 Å². The Morgan fingerprint density at radius 1 is 1.55 bits per heavy atom. The van der Waals surface area contributed by atoms with Crippen molar-refractivity contribution in [2.45, 2.75) is 18.9 Å². The van der Waals surface area contributed by atoms with Gasteiger partial charge in [0.25, 0.3) is 0 Å². The van der Waals surface area contributed by atoms with Crippen molar-refractivity contribution in [3.63, 3.8) is 0 Å². The highest BCUT2D eigenvalue weighted by molar-refractivity contribution is 4.81. The van der Waals surface area contributed by atoms with E-state index >= 15 is 0 Å². The molecule has 0 spiro atoms. The van der Waals surface area contributed by atoms with Gasteiger partial charge in [-0.25, -0.2) is 4.98 Å². The van der Waals surface area contributed by atoms with Gasteiger partial charge in [0, 0.05) is 31.6 Å². The van der Waals surface area contributed by atoms with Gasteiger partial charge < -0.3 is 9.30 Å². The second kappa shape index (κ2) is 3.05. The van der Waals surface area contributed by atoms with Gasteiger partial charge in [0.05, 0.1) is 7.70 Å². The largest absolute Gasteiger partial charge is 0.381 e. The van der Waals surface area contributed by atoms with E-state index in [0.717, 1.165) is 26.1 Å². The minimum Gasteiger partial charge on any atom is -0.381 e. The highest BCUT2D eigenvalue weighted by Gasteiger charge is 2.13. The Bertz CT molecular complexity index is 255. The number of nitrogens with zero attached hydrogens (tertiary/aromatic N) is 2. The van der Waals surface area contributed by atoms with Crippen molar-refractivity contribution < 1.29 is 6.11 Å². The molecule has 0 amide bonds. The first-order valence-corrected chi connectivity index (χ1v) is 3.94. The van der Waals surface area contributed by atoms with Crippen molar-refractivity contribution in [3.05, 3.63) is 18.7 Å². The van der Waals surface area contributed by atoms with Crippen molar-refractivity contribution >= 4 is 0 Å². The molecule has 0 atom stereocenters. The number of aromatic nitrogens is 2. The summed E-state index contributed by atoms with van der Waals surface area (Å²) in [7, 11) is 0. The second-order valence-corrected chi connectivity index (χ2v) is 2.79. The maximum atomic E-state index is 7.27. The summed E-state index contributed by atoms with van der Waals surface area (Å²) >= 11 is 0. The van der Waals surface area contributed by atoms with E-state index in [4.69, 9.17) is 6.11 Å². The summed E-state index contributed by atoms with van der Waals surface area (Å²) in [5.74, 6) is 0. The van der Waals surface area contributed by atoms with Crippen molar-refractivity contribution in [1.82, 2.24) is 9.55 Å². The number of hydrogen-bond acceptors (Lipinski definition) is 2. The number of hydrogen-bond donors (Lipinski definition) is 0. The van der Waals surface area contributed by atoms with Crippen LogP contribution in [0.25, 0.3) is 0 Å². The molecular formula is C8H12N2O. The molecule has 0 N–H and O–H groups in total. The molecule has 0 saturated carbocycles. The summed E-state index contributed by atoms with van der Waals surface area (Å²) in [6.07, 6.45) is 5.93. The molecule has 1 aliphatic rings. The molecule has 1 saturated heterocycles. The Morgan fingerprint density at radius 2 is 2.36 bits per heavy atom. The zero-order chi connectivity index (χ0) is 8.39. The van der Waals surface area contributed by atoms with E-state index < -0.39 is 0 Å². The molecule has 0 bridgehead atoms. The lowest BCUT2D eigenvalue weighted by molar-refractivity contribution is 0.0695. The summed E-state index contributed by atoms with van der Waals surface area (Å²) < 4.78 is 14.5. The Hall–Kier alpha value is -0.830. The highest BCUT2D eigenvalue weighted by Crippen LogP contribution is 2.19. The summed E-state index contributed by atoms with van der Waals surface area (Å²) in [6.45, 7) is 1.66. The van der Waals surface area contributed by atoms with Crippen LogP contribution in [0, 0.1) is 0 Å². The molecule has 0 unspecified atom stereocenters. The fraction of sp³-hybridized carbons (Fsp3) is 0.625. The van der Waals surface area contributed by atoms with Crippen molar-refractivity contribution in [3.8, 4) is 0 Å². The van der Waals surface area contributed by atoms with Crippen LogP contribution in [-0.4, -0.2) is 22.8 Å². The quantitative estimate of drug-likeness (QED) is 0.606. The van der Waals surface area contributed by atoms with Crippen LogP contribution in [-0.2, 0) is 4.74 Å². The predicted octanol–water partition coefficient (Wildman–Crippen LogP) is 1.23. The molecule has 1 fully saturated rings. The average molecular weight is 153 g/mol. The molecule has 0 aromatic carbocycles. The Labute approximate surface area is 67.4 Å². The first-order chi connectivity index (χ1) is 5.86. The standard InChI is InChI=1S/C8H12N2O/c1-5-11-6-2-8(1)10-4-3-9-7-10/h3-4,7-8H,1-2,5-6H2/i3D. The lowest BCUT2D eigenvalue weighted by Gasteiger charge is -2.22. The van der Waals surface area contributed by atoms with Crippen molar-refractivity contribution in [2.24, 2.45) is 0 Å². The van der Waals surface area contributed by atoms with E-state index in [9.17, 15) is 0 Å². The minimum absolute atomic E-state index is 0.349. The van der Waals surface area contributed by atoms with Crippen LogP contribution in [0.2, 0.25) is 0 Å². The lowest BCUT2D eigenvalue weighted by Crippen LogP contribution is -2.18. The second-order valence-electron chi connectivity index (χ2n) is 2.79. The zero-order valence-corrected chi connectivity index (χ0v) is 6.36. The molecule has 1 aliphatic heterocycles. The minimum atomic E-state index is 0.349. The summed E-state index contributed by atoms with van der Waals surface area (Å²) in [5.41, 5.74) is 0. The number of ether oxygens (including phenoxy) is 1. The van der Waals surface area contributed by atoms with E-state index in [-0.39, 0.29) is 0 Å². The third kappa shape index (κ3) is 1.43. The molecule has 0 aliphatic carbocycles. The number of rotatable bonds is 1. The molecule has 60 valence electrons. The summed E-state index contributed by atoms with van der Waals surface area (Å²) in [5, 5.41) is 0. The predicted molar refractivity (Wildman–Crippen MR) is 41.3 cm³/mol. The molecule has 1 aromatic heterocycles. The van der Waals surface area contributed by atoms with Gasteiger partial charge in [0.15, 0.2) is 0 Å². The van der Waals surface area contributed by atoms with Gasteiger partial charge in [0.1, 0.15) is 0 Å². The van der Waals surface area contributed by atoms with Gasteiger partial charge in [-0.3, -0.25) is 0 Å². The molecule has 3 nitrogen and oxygen atoms in total. The topological polar surface area (TPSA) is 27.1 Å². The van der Waals surface area contributed by atoms with Crippen LogP contribution in [0.5, 0.6) is 0 Å². The summed E-state index contributed by atoms with van der Waals surface area (Å²) in [4.78, 5) is 3.88. The first-order valence-electron chi connectivity index (χ1n) is 4.44. The van der Waals surface area contributed by atoms with E-state index in [1.807, 2.05) is 4.57 Å². The maximum absolute atomic E-state index is 7.27. The van der Waals surface area contributed by atoms with Crippen molar-refractivity contribution in [2.75, 3.05) is 13.2 Å². The monoisotopic (exact) mass is 153 g/mol. The van der Waals surface area contributed by atoms with Crippen LogP contribution in [0.15, 0.2) is 18.7 Å². The molecule has 2 heterocycles. The van der Waals surface area contributed by atoms with E-state index in [1.54, 1.807) is 12.5 Å².